The highest BCUT2D eigenvalue weighted by atomic mass is 32.2. The molecule has 0 unspecified atom stereocenters. The molecular formula is C5H12N2O4S. The van der Waals surface area contributed by atoms with Crippen molar-refractivity contribution in [2.24, 2.45) is 5.73 Å². The number of ketones is 1. The summed E-state index contributed by atoms with van der Waals surface area (Å²) in [4.78, 5) is 10.6. The smallest absolute Gasteiger partial charge is 0.324 e. The fourth-order valence-electron chi connectivity index (χ4n) is 0.589. The molecule has 12 heavy (non-hydrogen) atoms. The summed E-state index contributed by atoms with van der Waals surface area (Å²) < 4.78 is 30.2. The predicted molar refractivity (Wildman–Crippen MR) is 42.8 cm³/mol. The van der Waals surface area contributed by atoms with Crippen molar-refractivity contribution in [1.82, 2.24) is 4.72 Å². The Morgan fingerprint density at radius 2 is 2.08 bits per heavy atom. The second-order valence-electron chi connectivity index (χ2n) is 2.22. The summed E-state index contributed by atoms with van der Waals surface area (Å²) >= 11 is 0. The molecule has 0 aromatic carbocycles. The Labute approximate surface area is 71.0 Å². The van der Waals surface area contributed by atoms with Crippen LogP contribution in [0.15, 0.2) is 0 Å². The third-order valence-corrected chi connectivity index (χ3v) is 1.71. The molecule has 0 aromatic rings. The van der Waals surface area contributed by atoms with E-state index in [0.29, 0.717) is 6.42 Å². The Balaban J connectivity index is 3.40. The van der Waals surface area contributed by atoms with E-state index in [-0.39, 0.29) is 25.3 Å². The molecule has 72 valence electrons. The number of rotatable bonds is 6. The molecule has 0 saturated heterocycles. The first-order chi connectivity index (χ1) is 5.45. The third kappa shape index (κ3) is 7.61. The Kier molecular flexibility index (Phi) is 4.98. The van der Waals surface area contributed by atoms with Gasteiger partial charge in [0.25, 0.3) is 0 Å². The highest BCUT2D eigenvalue weighted by Gasteiger charge is 2.02. The number of nitrogens with two attached hydrogens (primary N) is 1. The van der Waals surface area contributed by atoms with Crippen molar-refractivity contribution >= 4 is 16.1 Å². The zero-order valence-corrected chi connectivity index (χ0v) is 7.30. The summed E-state index contributed by atoms with van der Waals surface area (Å²) in [6.07, 6.45) is 0.564. The Morgan fingerprint density at radius 3 is 2.50 bits per heavy atom. The number of hydrogen-bond acceptors (Lipinski definition) is 4. The van der Waals surface area contributed by atoms with Crippen LogP contribution in [-0.4, -0.2) is 31.8 Å². The lowest BCUT2D eigenvalue weighted by atomic mass is 10.2. The van der Waals surface area contributed by atoms with Crippen molar-refractivity contribution in [2.75, 3.05) is 13.1 Å². The van der Waals surface area contributed by atoms with Gasteiger partial charge in [-0.15, -0.1) is 0 Å². The van der Waals surface area contributed by atoms with Gasteiger partial charge in [0, 0.05) is 13.0 Å². The highest BCUT2D eigenvalue weighted by molar-refractivity contribution is 7.83. The van der Waals surface area contributed by atoms with Gasteiger partial charge in [-0.1, -0.05) is 0 Å². The van der Waals surface area contributed by atoms with Crippen LogP contribution in [0.5, 0.6) is 0 Å². The van der Waals surface area contributed by atoms with Crippen molar-refractivity contribution in [1.29, 1.82) is 0 Å². The van der Waals surface area contributed by atoms with Crippen molar-refractivity contribution in [2.45, 2.75) is 12.8 Å². The van der Waals surface area contributed by atoms with Crippen LogP contribution in [0.25, 0.3) is 0 Å². The van der Waals surface area contributed by atoms with E-state index in [1.807, 2.05) is 4.72 Å². The van der Waals surface area contributed by atoms with Gasteiger partial charge >= 0.3 is 10.3 Å². The maximum atomic E-state index is 10.6. The Morgan fingerprint density at radius 1 is 1.50 bits per heavy atom. The molecule has 0 aliphatic rings. The zero-order chi connectivity index (χ0) is 9.61. The first-order valence-corrected chi connectivity index (χ1v) is 4.83. The number of hydrogen-bond donors (Lipinski definition) is 3. The van der Waals surface area contributed by atoms with Gasteiger partial charge in [0.05, 0.1) is 6.54 Å². The van der Waals surface area contributed by atoms with Crippen molar-refractivity contribution < 1.29 is 17.8 Å². The molecule has 0 spiro atoms. The van der Waals surface area contributed by atoms with E-state index in [9.17, 15) is 13.2 Å². The molecule has 0 atom stereocenters. The maximum absolute atomic E-state index is 10.6. The van der Waals surface area contributed by atoms with Gasteiger partial charge in [0.15, 0.2) is 0 Å². The monoisotopic (exact) mass is 196 g/mol. The minimum absolute atomic E-state index is 0.0358. The van der Waals surface area contributed by atoms with Crippen LogP contribution in [0, 0.1) is 0 Å². The molecule has 0 aromatic heterocycles. The lowest BCUT2D eigenvalue weighted by Gasteiger charge is -1.99. The zero-order valence-electron chi connectivity index (χ0n) is 6.49. The van der Waals surface area contributed by atoms with Crippen molar-refractivity contribution in [3.8, 4) is 0 Å². The number of carbonyl (C=O) groups excluding carboxylic acids is 1. The van der Waals surface area contributed by atoms with Crippen molar-refractivity contribution in [3.63, 3.8) is 0 Å². The summed E-state index contributed by atoms with van der Waals surface area (Å²) in [6.45, 7) is 0.0104. The minimum Gasteiger partial charge on any atom is -0.324 e. The van der Waals surface area contributed by atoms with E-state index >= 15 is 0 Å². The Bertz CT molecular complexity index is 236. The predicted octanol–water partition coefficient (Wildman–Crippen LogP) is -1.31. The van der Waals surface area contributed by atoms with Crippen LogP contribution in [0.1, 0.15) is 12.8 Å². The molecule has 0 bridgehead atoms. The third-order valence-electron chi connectivity index (χ3n) is 1.14. The average molecular weight is 196 g/mol. The van der Waals surface area contributed by atoms with Gasteiger partial charge in [-0.25, -0.2) is 0 Å². The van der Waals surface area contributed by atoms with Crippen molar-refractivity contribution in [3.05, 3.63) is 0 Å². The number of Topliss-reactive ketones (excluding diaryl/α,β-unsaturated/α-hetero) is 1. The lowest BCUT2D eigenvalue weighted by molar-refractivity contribution is -0.117. The largest absolute Gasteiger partial charge is 0.333 e. The fraction of sp³-hybridized carbons (Fsp3) is 0.800. The molecule has 7 heteroatoms. The Hall–Kier alpha value is -0.500. The lowest BCUT2D eigenvalue weighted by Crippen LogP contribution is -2.24. The number of carbonyl (C=O) groups is 1. The fourth-order valence-corrected chi connectivity index (χ4v) is 0.991. The summed E-state index contributed by atoms with van der Waals surface area (Å²) in [5.74, 6) is -0.132. The van der Waals surface area contributed by atoms with E-state index in [1.165, 1.54) is 0 Å². The highest BCUT2D eigenvalue weighted by Crippen LogP contribution is 1.88. The molecule has 0 aliphatic carbocycles. The van der Waals surface area contributed by atoms with E-state index in [4.69, 9.17) is 10.3 Å². The van der Waals surface area contributed by atoms with E-state index in [0.717, 1.165) is 0 Å². The number of nitrogens with one attached hydrogen (secondary N) is 1. The molecule has 0 rings (SSSR count). The van der Waals surface area contributed by atoms with Crippen LogP contribution in [0.3, 0.4) is 0 Å². The van der Waals surface area contributed by atoms with Crippen LogP contribution >= 0.6 is 0 Å². The molecule has 0 amide bonds. The summed E-state index contributed by atoms with van der Waals surface area (Å²) in [5.41, 5.74) is 5.00. The standard InChI is InChI=1S/C5H12N2O4S/c6-4-5(8)2-1-3-7-12(9,10)11/h7H,1-4,6H2,(H,9,10,11). The minimum atomic E-state index is -4.12. The SMILES string of the molecule is NCC(=O)CCCNS(=O)(=O)O. The molecule has 6 nitrogen and oxygen atoms in total. The van der Waals surface area contributed by atoms with E-state index in [1.54, 1.807) is 0 Å². The summed E-state index contributed by atoms with van der Waals surface area (Å²) in [5, 5.41) is 0. The molecule has 0 aliphatic heterocycles. The van der Waals surface area contributed by atoms with Crippen LogP contribution in [0.4, 0.5) is 0 Å². The quantitative estimate of drug-likeness (QED) is 0.361. The molecule has 4 N–H and O–H groups in total. The van der Waals surface area contributed by atoms with Gasteiger partial charge < -0.3 is 5.73 Å². The van der Waals surface area contributed by atoms with E-state index in [2.05, 4.69) is 0 Å². The molecule has 0 radical (unpaired) electrons. The molecule has 0 heterocycles. The topological polar surface area (TPSA) is 109 Å². The average Bonchev–Trinajstić information content (AvgIpc) is 1.96. The van der Waals surface area contributed by atoms with Crippen LogP contribution < -0.4 is 10.5 Å². The summed E-state index contributed by atoms with van der Waals surface area (Å²) in [6, 6.07) is 0. The second kappa shape index (κ2) is 5.20. The van der Waals surface area contributed by atoms with E-state index < -0.39 is 10.3 Å². The molecular weight excluding hydrogens is 184 g/mol. The van der Waals surface area contributed by atoms with Gasteiger partial charge in [0.1, 0.15) is 5.78 Å². The molecule has 0 fully saturated rings. The summed E-state index contributed by atoms with van der Waals surface area (Å²) in [7, 11) is -4.12. The van der Waals surface area contributed by atoms with Crippen LogP contribution in [-0.2, 0) is 15.1 Å². The van der Waals surface area contributed by atoms with Gasteiger partial charge in [-0.2, -0.15) is 13.1 Å². The van der Waals surface area contributed by atoms with Crippen LogP contribution in [0.2, 0.25) is 0 Å². The second-order valence-corrected chi connectivity index (χ2v) is 3.45. The maximum Gasteiger partial charge on any atom is 0.333 e. The van der Waals surface area contributed by atoms with Gasteiger partial charge in [0.2, 0.25) is 0 Å². The first kappa shape index (κ1) is 11.5. The molecule has 0 saturated carbocycles. The van der Waals surface area contributed by atoms with Gasteiger partial charge in [-0.3, -0.25) is 9.35 Å². The van der Waals surface area contributed by atoms with Gasteiger partial charge in [-0.05, 0) is 6.42 Å². The normalized spacial score (nSPS) is 11.5. The first-order valence-electron chi connectivity index (χ1n) is 3.39.